The van der Waals surface area contributed by atoms with Gasteiger partial charge in [0.1, 0.15) is 12.4 Å². The molecule has 0 aliphatic carbocycles. The molecule has 1 aromatic carbocycles. The third kappa shape index (κ3) is 6.38. The highest BCUT2D eigenvalue weighted by molar-refractivity contribution is 7.99. The van der Waals surface area contributed by atoms with Gasteiger partial charge in [0.2, 0.25) is 5.91 Å². The van der Waals surface area contributed by atoms with Crippen LogP contribution in [0.25, 0.3) is 0 Å². The summed E-state index contributed by atoms with van der Waals surface area (Å²) in [5.41, 5.74) is -0.260. The fourth-order valence-electron chi connectivity index (χ4n) is 2.11. The Hall–Kier alpha value is -1.99. The number of aromatic nitrogens is 3. The van der Waals surface area contributed by atoms with Gasteiger partial charge in [0.05, 0.1) is 5.75 Å². The zero-order valence-electron chi connectivity index (χ0n) is 15.2. The lowest BCUT2D eigenvalue weighted by Gasteiger charge is -2.20. The Labute approximate surface area is 163 Å². The van der Waals surface area contributed by atoms with Gasteiger partial charge in [-0.15, -0.1) is 16.8 Å². The van der Waals surface area contributed by atoms with E-state index in [1.165, 1.54) is 11.8 Å². The van der Waals surface area contributed by atoms with Crippen LogP contribution in [0.4, 0.5) is 0 Å². The third-order valence-electron chi connectivity index (χ3n) is 3.13. The molecule has 1 aromatic heterocycles. The molecule has 140 valence electrons. The summed E-state index contributed by atoms with van der Waals surface area (Å²) >= 11 is 7.21. The average Bonchev–Trinajstić information content (AvgIpc) is 2.93. The number of halogens is 1. The molecule has 0 unspecified atom stereocenters. The van der Waals surface area contributed by atoms with Crippen molar-refractivity contribution in [2.24, 2.45) is 0 Å². The van der Waals surface area contributed by atoms with E-state index in [4.69, 9.17) is 16.3 Å². The SMILES string of the molecule is C=CCn1c(COc2ccc(Cl)cc2)nnc1SCC(=O)NC(C)(C)C. The maximum Gasteiger partial charge on any atom is 0.230 e. The standard InChI is InChI=1S/C18H23ClN4O2S/c1-5-10-23-15(11-25-14-8-6-13(19)7-9-14)21-22-17(23)26-12-16(24)20-18(2,3)4/h5-9H,1,10-12H2,2-4H3,(H,20,24). The molecule has 0 atom stereocenters. The number of amides is 1. The van der Waals surface area contributed by atoms with E-state index in [-0.39, 0.29) is 23.8 Å². The number of allylic oxidation sites excluding steroid dienone is 1. The van der Waals surface area contributed by atoms with Crippen molar-refractivity contribution >= 4 is 29.3 Å². The van der Waals surface area contributed by atoms with E-state index in [2.05, 4.69) is 22.1 Å². The minimum Gasteiger partial charge on any atom is -0.486 e. The molecule has 2 aromatic rings. The highest BCUT2D eigenvalue weighted by Crippen LogP contribution is 2.20. The maximum atomic E-state index is 12.0. The second-order valence-electron chi connectivity index (χ2n) is 6.63. The van der Waals surface area contributed by atoms with Gasteiger partial charge >= 0.3 is 0 Å². The Morgan fingerprint density at radius 1 is 1.35 bits per heavy atom. The zero-order chi connectivity index (χ0) is 19.2. The summed E-state index contributed by atoms with van der Waals surface area (Å²) in [5, 5.41) is 12.6. The molecule has 1 heterocycles. The minimum atomic E-state index is -0.260. The molecule has 0 saturated carbocycles. The smallest absolute Gasteiger partial charge is 0.230 e. The number of carbonyl (C=O) groups excluding carboxylic acids is 1. The Balaban J connectivity index is 2.01. The fourth-order valence-corrected chi connectivity index (χ4v) is 3.00. The topological polar surface area (TPSA) is 69.0 Å². The van der Waals surface area contributed by atoms with Gasteiger partial charge in [0.15, 0.2) is 11.0 Å². The quantitative estimate of drug-likeness (QED) is 0.546. The minimum absolute atomic E-state index is 0.0467. The van der Waals surface area contributed by atoms with Gasteiger partial charge in [-0.1, -0.05) is 29.4 Å². The highest BCUT2D eigenvalue weighted by Gasteiger charge is 2.17. The number of carbonyl (C=O) groups is 1. The Morgan fingerprint density at radius 3 is 2.65 bits per heavy atom. The molecule has 26 heavy (non-hydrogen) atoms. The molecule has 0 aliphatic rings. The van der Waals surface area contributed by atoms with Gasteiger partial charge in [-0.05, 0) is 45.0 Å². The average molecular weight is 395 g/mol. The van der Waals surface area contributed by atoms with Crippen molar-refractivity contribution in [2.45, 2.75) is 44.6 Å². The van der Waals surface area contributed by atoms with Crippen LogP contribution in [-0.2, 0) is 17.9 Å². The first-order valence-electron chi connectivity index (χ1n) is 8.13. The predicted octanol–water partition coefficient (Wildman–Crippen LogP) is 3.70. The predicted molar refractivity (Wildman–Crippen MR) is 105 cm³/mol. The number of ether oxygens (including phenoxy) is 1. The van der Waals surface area contributed by atoms with Crippen LogP contribution in [0.2, 0.25) is 5.02 Å². The van der Waals surface area contributed by atoms with Crippen molar-refractivity contribution in [3.8, 4) is 5.75 Å². The normalized spacial score (nSPS) is 11.2. The summed E-state index contributed by atoms with van der Waals surface area (Å²) in [7, 11) is 0. The van der Waals surface area contributed by atoms with Crippen LogP contribution in [0.5, 0.6) is 5.75 Å². The van der Waals surface area contributed by atoms with Crippen molar-refractivity contribution in [1.29, 1.82) is 0 Å². The molecule has 0 aliphatic heterocycles. The molecular formula is C18H23ClN4O2S. The number of hydrogen-bond acceptors (Lipinski definition) is 5. The summed E-state index contributed by atoms with van der Waals surface area (Å²) in [6.45, 7) is 10.4. The van der Waals surface area contributed by atoms with E-state index in [0.29, 0.717) is 28.3 Å². The first-order chi connectivity index (χ1) is 12.3. The number of rotatable bonds is 8. The van der Waals surface area contributed by atoms with E-state index in [9.17, 15) is 4.79 Å². The van der Waals surface area contributed by atoms with Crippen LogP contribution >= 0.6 is 23.4 Å². The number of benzene rings is 1. The van der Waals surface area contributed by atoms with E-state index in [0.717, 1.165) is 0 Å². The molecule has 2 rings (SSSR count). The lowest BCUT2D eigenvalue weighted by molar-refractivity contribution is -0.119. The summed E-state index contributed by atoms with van der Waals surface area (Å²) in [5.74, 6) is 1.58. The monoisotopic (exact) mass is 394 g/mol. The molecule has 1 N–H and O–H groups in total. The molecule has 6 nitrogen and oxygen atoms in total. The van der Waals surface area contributed by atoms with E-state index >= 15 is 0 Å². The van der Waals surface area contributed by atoms with Crippen LogP contribution in [-0.4, -0.2) is 32.0 Å². The molecule has 0 spiro atoms. The van der Waals surface area contributed by atoms with Gasteiger partial charge < -0.3 is 10.1 Å². The second kappa shape index (κ2) is 9.09. The number of hydrogen-bond donors (Lipinski definition) is 1. The van der Waals surface area contributed by atoms with Crippen LogP contribution < -0.4 is 10.1 Å². The Morgan fingerprint density at radius 2 is 2.04 bits per heavy atom. The summed E-state index contributed by atoms with van der Waals surface area (Å²) in [6, 6.07) is 7.12. The van der Waals surface area contributed by atoms with Gasteiger partial charge in [-0.2, -0.15) is 0 Å². The van der Waals surface area contributed by atoms with E-state index < -0.39 is 0 Å². The molecule has 1 amide bonds. The van der Waals surface area contributed by atoms with Crippen LogP contribution in [0, 0.1) is 0 Å². The fraction of sp³-hybridized carbons (Fsp3) is 0.389. The number of nitrogens with zero attached hydrogens (tertiary/aromatic N) is 3. The summed E-state index contributed by atoms with van der Waals surface area (Å²) in [6.07, 6.45) is 1.76. The molecule has 8 heteroatoms. The van der Waals surface area contributed by atoms with Crippen LogP contribution in [0.3, 0.4) is 0 Å². The number of thioether (sulfide) groups is 1. The zero-order valence-corrected chi connectivity index (χ0v) is 16.7. The van der Waals surface area contributed by atoms with Crippen molar-refractivity contribution < 1.29 is 9.53 Å². The summed E-state index contributed by atoms with van der Waals surface area (Å²) < 4.78 is 7.62. The van der Waals surface area contributed by atoms with Gasteiger partial charge in [0, 0.05) is 17.1 Å². The lowest BCUT2D eigenvalue weighted by Crippen LogP contribution is -2.41. The largest absolute Gasteiger partial charge is 0.486 e. The van der Waals surface area contributed by atoms with E-state index in [1.54, 1.807) is 30.3 Å². The van der Waals surface area contributed by atoms with Crippen molar-refractivity contribution in [3.05, 3.63) is 47.8 Å². The van der Waals surface area contributed by atoms with E-state index in [1.807, 2.05) is 25.3 Å². The first-order valence-corrected chi connectivity index (χ1v) is 9.50. The third-order valence-corrected chi connectivity index (χ3v) is 4.35. The van der Waals surface area contributed by atoms with Crippen LogP contribution in [0.1, 0.15) is 26.6 Å². The highest BCUT2D eigenvalue weighted by atomic mass is 35.5. The van der Waals surface area contributed by atoms with Crippen molar-refractivity contribution in [3.63, 3.8) is 0 Å². The Kier molecular flexibility index (Phi) is 7.11. The second-order valence-corrected chi connectivity index (χ2v) is 8.01. The molecule has 0 fully saturated rings. The van der Waals surface area contributed by atoms with Crippen LogP contribution in [0.15, 0.2) is 42.1 Å². The van der Waals surface area contributed by atoms with Gasteiger partial charge in [-0.3, -0.25) is 9.36 Å². The molecular weight excluding hydrogens is 372 g/mol. The first kappa shape index (κ1) is 20.3. The van der Waals surface area contributed by atoms with Gasteiger partial charge in [-0.25, -0.2) is 0 Å². The lowest BCUT2D eigenvalue weighted by atomic mass is 10.1. The molecule has 0 radical (unpaired) electrons. The van der Waals surface area contributed by atoms with Crippen molar-refractivity contribution in [1.82, 2.24) is 20.1 Å². The molecule has 0 saturated heterocycles. The van der Waals surface area contributed by atoms with Gasteiger partial charge in [0.25, 0.3) is 0 Å². The summed E-state index contributed by atoms with van der Waals surface area (Å²) in [4.78, 5) is 12.0. The number of nitrogens with one attached hydrogen (secondary N) is 1. The maximum absolute atomic E-state index is 12.0. The Bertz CT molecular complexity index is 754. The van der Waals surface area contributed by atoms with Crippen molar-refractivity contribution in [2.75, 3.05) is 5.75 Å². The molecule has 0 bridgehead atoms.